The standard InChI is InChI=1S/C22H19ClN4O2/c1-3-14-4-6-15(7-5-14)21-17(13-25-27-21)10-16(12-24)22(28)26-19-11-18(23)8-9-20(19)29-2/h4-11,13H,3H2,1-2H3,(H,25,27)(H,26,28)/b16-10-. The quantitative estimate of drug-likeness (QED) is 0.452. The molecular weight excluding hydrogens is 388 g/mol. The van der Waals surface area contributed by atoms with E-state index in [4.69, 9.17) is 16.3 Å². The average Bonchev–Trinajstić information content (AvgIpc) is 3.20. The van der Waals surface area contributed by atoms with Crippen molar-refractivity contribution in [3.63, 3.8) is 0 Å². The first-order chi connectivity index (χ1) is 14.0. The van der Waals surface area contributed by atoms with Crippen LogP contribution in [0.1, 0.15) is 18.1 Å². The SMILES string of the molecule is CCc1ccc(-c2[nH]ncc2/C=C(/C#N)C(=O)Nc2cc(Cl)ccc2OC)cc1. The summed E-state index contributed by atoms with van der Waals surface area (Å²) in [5, 5.41) is 19.6. The molecule has 1 heterocycles. The molecule has 0 spiro atoms. The maximum atomic E-state index is 12.6. The Hall–Kier alpha value is -3.56. The highest BCUT2D eigenvalue weighted by Crippen LogP contribution is 2.28. The largest absolute Gasteiger partial charge is 0.495 e. The van der Waals surface area contributed by atoms with Gasteiger partial charge in [0, 0.05) is 16.1 Å². The second-order valence-electron chi connectivity index (χ2n) is 6.22. The molecule has 1 amide bonds. The van der Waals surface area contributed by atoms with Gasteiger partial charge in [0.1, 0.15) is 17.4 Å². The number of hydrogen-bond donors (Lipinski definition) is 2. The number of ether oxygens (including phenoxy) is 1. The van der Waals surface area contributed by atoms with E-state index in [9.17, 15) is 10.1 Å². The molecule has 2 N–H and O–H groups in total. The van der Waals surface area contributed by atoms with Crippen LogP contribution in [-0.2, 0) is 11.2 Å². The maximum Gasteiger partial charge on any atom is 0.266 e. The van der Waals surface area contributed by atoms with E-state index >= 15 is 0 Å². The minimum atomic E-state index is -0.568. The lowest BCUT2D eigenvalue weighted by molar-refractivity contribution is -0.112. The Kier molecular flexibility index (Phi) is 6.32. The summed E-state index contributed by atoms with van der Waals surface area (Å²) >= 11 is 6.00. The topological polar surface area (TPSA) is 90.8 Å². The van der Waals surface area contributed by atoms with Gasteiger partial charge >= 0.3 is 0 Å². The molecule has 3 rings (SSSR count). The molecule has 1 aromatic heterocycles. The monoisotopic (exact) mass is 406 g/mol. The van der Waals surface area contributed by atoms with Crippen LogP contribution in [0.5, 0.6) is 5.75 Å². The Labute approximate surface area is 173 Å². The summed E-state index contributed by atoms with van der Waals surface area (Å²) in [6, 6.07) is 14.8. The van der Waals surface area contributed by atoms with Crippen molar-refractivity contribution in [2.75, 3.05) is 12.4 Å². The molecule has 0 aliphatic carbocycles. The van der Waals surface area contributed by atoms with Gasteiger partial charge in [-0.2, -0.15) is 10.4 Å². The zero-order valence-corrected chi connectivity index (χ0v) is 16.7. The summed E-state index contributed by atoms with van der Waals surface area (Å²) in [5.74, 6) is -0.124. The number of nitrogens with zero attached hydrogens (tertiary/aromatic N) is 2. The van der Waals surface area contributed by atoms with Crippen LogP contribution in [0.15, 0.2) is 54.2 Å². The molecule has 0 aliphatic heterocycles. The van der Waals surface area contributed by atoms with Crippen molar-refractivity contribution >= 4 is 29.3 Å². The first-order valence-corrected chi connectivity index (χ1v) is 9.32. The summed E-state index contributed by atoms with van der Waals surface area (Å²) in [4.78, 5) is 12.6. The van der Waals surface area contributed by atoms with E-state index in [0.29, 0.717) is 22.0 Å². The number of nitriles is 1. The van der Waals surface area contributed by atoms with Gasteiger partial charge in [-0.25, -0.2) is 0 Å². The third-order valence-electron chi connectivity index (χ3n) is 4.39. The van der Waals surface area contributed by atoms with Crippen molar-refractivity contribution in [3.8, 4) is 23.1 Å². The molecule has 7 heteroatoms. The van der Waals surface area contributed by atoms with Gasteiger partial charge in [0.05, 0.1) is 24.7 Å². The van der Waals surface area contributed by atoms with Crippen LogP contribution in [0, 0.1) is 11.3 Å². The van der Waals surface area contributed by atoms with Crippen molar-refractivity contribution in [1.29, 1.82) is 5.26 Å². The first-order valence-electron chi connectivity index (χ1n) is 8.95. The molecule has 3 aromatic rings. The third kappa shape index (κ3) is 4.65. The zero-order chi connectivity index (χ0) is 20.8. The van der Waals surface area contributed by atoms with Gasteiger partial charge in [-0.15, -0.1) is 0 Å². The lowest BCUT2D eigenvalue weighted by Crippen LogP contribution is -2.14. The Balaban J connectivity index is 1.89. The number of anilines is 1. The number of rotatable bonds is 6. The summed E-state index contributed by atoms with van der Waals surface area (Å²) in [6.45, 7) is 2.09. The molecule has 0 bridgehead atoms. The fourth-order valence-electron chi connectivity index (χ4n) is 2.81. The second-order valence-corrected chi connectivity index (χ2v) is 6.66. The minimum Gasteiger partial charge on any atom is -0.495 e. The number of benzene rings is 2. The predicted molar refractivity (Wildman–Crippen MR) is 114 cm³/mol. The van der Waals surface area contributed by atoms with Crippen LogP contribution in [-0.4, -0.2) is 23.2 Å². The molecule has 0 unspecified atom stereocenters. The number of aromatic amines is 1. The van der Waals surface area contributed by atoms with Crippen molar-refractivity contribution in [2.24, 2.45) is 0 Å². The molecule has 0 saturated carbocycles. The Morgan fingerprint density at radius 1 is 1.31 bits per heavy atom. The van der Waals surface area contributed by atoms with Crippen LogP contribution in [0.2, 0.25) is 5.02 Å². The number of carbonyl (C=O) groups is 1. The summed E-state index contributed by atoms with van der Waals surface area (Å²) in [5.41, 5.74) is 3.82. The number of methoxy groups -OCH3 is 1. The molecule has 29 heavy (non-hydrogen) atoms. The van der Waals surface area contributed by atoms with E-state index in [1.165, 1.54) is 18.7 Å². The van der Waals surface area contributed by atoms with E-state index in [2.05, 4.69) is 22.4 Å². The molecule has 2 aromatic carbocycles. The fraction of sp³-hybridized carbons (Fsp3) is 0.136. The van der Waals surface area contributed by atoms with E-state index in [1.807, 2.05) is 30.3 Å². The Bertz CT molecular complexity index is 1090. The van der Waals surface area contributed by atoms with Crippen LogP contribution in [0.25, 0.3) is 17.3 Å². The van der Waals surface area contributed by atoms with Crippen LogP contribution >= 0.6 is 11.6 Å². The predicted octanol–water partition coefficient (Wildman–Crippen LogP) is 4.85. The highest BCUT2D eigenvalue weighted by atomic mass is 35.5. The highest BCUT2D eigenvalue weighted by Gasteiger charge is 2.15. The summed E-state index contributed by atoms with van der Waals surface area (Å²) < 4.78 is 5.23. The summed E-state index contributed by atoms with van der Waals surface area (Å²) in [6.07, 6.45) is 4.02. The number of carbonyl (C=O) groups excluding carboxylic acids is 1. The van der Waals surface area contributed by atoms with Crippen LogP contribution in [0.4, 0.5) is 5.69 Å². The van der Waals surface area contributed by atoms with E-state index in [-0.39, 0.29) is 5.57 Å². The molecular formula is C22H19ClN4O2. The van der Waals surface area contributed by atoms with Crippen molar-refractivity contribution < 1.29 is 9.53 Å². The molecule has 0 saturated heterocycles. The Morgan fingerprint density at radius 3 is 2.72 bits per heavy atom. The number of halogens is 1. The number of hydrogen-bond acceptors (Lipinski definition) is 4. The van der Waals surface area contributed by atoms with Crippen molar-refractivity contribution in [2.45, 2.75) is 13.3 Å². The van der Waals surface area contributed by atoms with Gasteiger partial charge in [-0.1, -0.05) is 42.8 Å². The van der Waals surface area contributed by atoms with E-state index in [0.717, 1.165) is 17.7 Å². The number of aryl methyl sites for hydroxylation is 1. The normalized spacial score (nSPS) is 11.0. The molecule has 146 valence electrons. The number of amides is 1. The molecule has 6 nitrogen and oxygen atoms in total. The third-order valence-corrected chi connectivity index (χ3v) is 4.63. The van der Waals surface area contributed by atoms with Crippen molar-refractivity contribution in [3.05, 3.63) is 70.4 Å². The van der Waals surface area contributed by atoms with Gasteiger partial charge < -0.3 is 10.1 Å². The lowest BCUT2D eigenvalue weighted by atomic mass is 10.0. The smallest absolute Gasteiger partial charge is 0.266 e. The Morgan fingerprint density at radius 2 is 2.07 bits per heavy atom. The van der Waals surface area contributed by atoms with Gasteiger partial charge in [-0.3, -0.25) is 9.89 Å². The number of H-pyrrole nitrogens is 1. The summed E-state index contributed by atoms with van der Waals surface area (Å²) in [7, 11) is 1.49. The van der Waals surface area contributed by atoms with E-state index < -0.39 is 5.91 Å². The van der Waals surface area contributed by atoms with Gasteiger partial charge in [0.15, 0.2) is 0 Å². The number of nitrogens with one attached hydrogen (secondary N) is 2. The van der Waals surface area contributed by atoms with Gasteiger partial charge in [0.2, 0.25) is 0 Å². The lowest BCUT2D eigenvalue weighted by Gasteiger charge is -2.10. The second kappa shape index (κ2) is 9.09. The average molecular weight is 407 g/mol. The van der Waals surface area contributed by atoms with Crippen LogP contribution < -0.4 is 10.1 Å². The first kappa shape index (κ1) is 20.2. The molecule has 0 atom stereocenters. The van der Waals surface area contributed by atoms with E-state index in [1.54, 1.807) is 24.4 Å². The number of aromatic nitrogens is 2. The van der Waals surface area contributed by atoms with Gasteiger partial charge in [0.25, 0.3) is 5.91 Å². The fourth-order valence-corrected chi connectivity index (χ4v) is 2.99. The van der Waals surface area contributed by atoms with Crippen LogP contribution in [0.3, 0.4) is 0 Å². The zero-order valence-electron chi connectivity index (χ0n) is 16.0. The molecule has 0 aliphatic rings. The maximum absolute atomic E-state index is 12.6. The van der Waals surface area contributed by atoms with Crippen molar-refractivity contribution in [1.82, 2.24) is 10.2 Å². The van der Waals surface area contributed by atoms with Gasteiger partial charge in [-0.05, 0) is 36.3 Å². The minimum absolute atomic E-state index is 0.0696. The molecule has 0 radical (unpaired) electrons. The molecule has 0 fully saturated rings. The highest BCUT2D eigenvalue weighted by molar-refractivity contribution is 6.31.